The second-order valence-corrected chi connectivity index (χ2v) is 6.89. The Morgan fingerprint density at radius 1 is 0.935 bits per heavy atom. The Bertz CT molecular complexity index is 945. The highest BCUT2D eigenvalue weighted by Crippen LogP contribution is 2.29. The predicted molar refractivity (Wildman–Crippen MR) is 102 cm³/mol. The highest BCUT2D eigenvalue weighted by Gasteiger charge is 2.30. The third-order valence-electron chi connectivity index (χ3n) is 4.36. The van der Waals surface area contributed by atoms with E-state index in [0.717, 1.165) is 24.3 Å². The highest BCUT2D eigenvalue weighted by molar-refractivity contribution is 5.90. The zero-order valence-electron chi connectivity index (χ0n) is 16.4. The van der Waals surface area contributed by atoms with Crippen molar-refractivity contribution < 1.29 is 37.1 Å². The summed E-state index contributed by atoms with van der Waals surface area (Å²) in [6.45, 7) is 1.17. The van der Waals surface area contributed by atoms with E-state index in [0.29, 0.717) is 5.56 Å². The van der Waals surface area contributed by atoms with Crippen molar-refractivity contribution in [2.75, 3.05) is 0 Å². The number of carbonyl (C=O) groups is 3. The molecule has 0 heterocycles. The van der Waals surface area contributed by atoms with Gasteiger partial charge in [-0.05, 0) is 35.4 Å². The Labute approximate surface area is 175 Å². The molecule has 0 bridgehead atoms. The van der Waals surface area contributed by atoms with Gasteiger partial charge in [0.15, 0.2) is 0 Å². The molecule has 6 nitrogen and oxygen atoms in total. The molecule has 0 aliphatic carbocycles. The minimum absolute atomic E-state index is 0.0875. The van der Waals surface area contributed by atoms with Crippen molar-refractivity contribution >= 4 is 17.8 Å². The van der Waals surface area contributed by atoms with Crippen LogP contribution in [0.1, 0.15) is 23.6 Å². The van der Waals surface area contributed by atoms with Gasteiger partial charge in [-0.25, -0.2) is 9.18 Å². The first-order valence-corrected chi connectivity index (χ1v) is 9.16. The number of carboxylic acid groups (broad SMARTS) is 1. The Hall–Kier alpha value is -3.43. The number of rotatable bonds is 8. The number of hydrogen-bond acceptors (Lipinski definition) is 3. The number of benzene rings is 2. The first-order valence-electron chi connectivity index (χ1n) is 9.16. The van der Waals surface area contributed by atoms with E-state index < -0.39 is 47.4 Å². The van der Waals surface area contributed by atoms with Crippen LogP contribution in [-0.2, 0) is 33.4 Å². The normalized spacial score (nSPS) is 13.2. The van der Waals surface area contributed by atoms with Crippen LogP contribution in [0.3, 0.4) is 0 Å². The SMILES string of the molecule is CC(=O)N[C@H](Cc1cccc(F)c1)C(=O)N[C@@H](Cc1ccc(C(F)(F)F)cc1)C(=O)O. The lowest BCUT2D eigenvalue weighted by Gasteiger charge is -2.21. The van der Waals surface area contributed by atoms with Gasteiger partial charge in [0, 0.05) is 19.8 Å². The zero-order chi connectivity index (χ0) is 23.2. The smallest absolute Gasteiger partial charge is 0.416 e. The highest BCUT2D eigenvalue weighted by atomic mass is 19.4. The van der Waals surface area contributed by atoms with Crippen LogP contribution in [0.5, 0.6) is 0 Å². The van der Waals surface area contributed by atoms with Crippen molar-refractivity contribution in [2.45, 2.75) is 38.0 Å². The fourth-order valence-corrected chi connectivity index (χ4v) is 2.89. The lowest BCUT2D eigenvalue weighted by atomic mass is 10.0. The summed E-state index contributed by atoms with van der Waals surface area (Å²) in [5.41, 5.74) is -0.210. The lowest BCUT2D eigenvalue weighted by Crippen LogP contribution is -2.52. The van der Waals surface area contributed by atoms with Crippen LogP contribution in [0.25, 0.3) is 0 Å². The average Bonchev–Trinajstić information content (AvgIpc) is 2.66. The molecular weight excluding hydrogens is 420 g/mol. The van der Waals surface area contributed by atoms with Crippen LogP contribution in [0.4, 0.5) is 17.6 Å². The number of halogens is 4. The molecule has 0 fully saturated rings. The van der Waals surface area contributed by atoms with Gasteiger partial charge in [0.1, 0.15) is 17.9 Å². The van der Waals surface area contributed by atoms with Crippen LogP contribution < -0.4 is 10.6 Å². The second kappa shape index (κ2) is 10.1. The third kappa shape index (κ3) is 7.40. The largest absolute Gasteiger partial charge is 0.480 e. The molecule has 2 aromatic rings. The van der Waals surface area contributed by atoms with Crippen LogP contribution in [0.15, 0.2) is 48.5 Å². The number of carboxylic acids is 1. The Kier molecular flexibility index (Phi) is 7.73. The molecule has 0 aliphatic rings. The Morgan fingerprint density at radius 2 is 1.55 bits per heavy atom. The third-order valence-corrected chi connectivity index (χ3v) is 4.36. The predicted octanol–water partition coefficient (Wildman–Crippen LogP) is 2.70. The van der Waals surface area contributed by atoms with Crippen molar-refractivity contribution in [1.29, 1.82) is 0 Å². The molecule has 31 heavy (non-hydrogen) atoms. The quantitative estimate of drug-likeness (QED) is 0.550. The monoisotopic (exact) mass is 440 g/mol. The molecule has 0 saturated heterocycles. The van der Waals surface area contributed by atoms with Crippen LogP contribution >= 0.6 is 0 Å². The zero-order valence-corrected chi connectivity index (χ0v) is 16.4. The van der Waals surface area contributed by atoms with Gasteiger partial charge in [-0.15, -0.1) is 0 Å². The van der Waals surface area contributed by atoms with E-state index in [9.17, 15) is 37.1 Å². The Morgan fingerprint density at radius 3 is 2.06 bits per heavy atom. The molecule has 2 atom stereocenters. The summed E-state index contributed by atoms with van der Waals surface area (Å²) in [6.07, 6.45) is -4.89. The molecular formula is C21H20F4N2O4. The number of nitrogens with one attached hydrogen (secondary N) is 2. The summed E-state index contributed by atoms with van der Waals surface area (Å²) in [4.78, 5) is 35.7. The number of alkyl halides is 3. The molecule has 2 rings (SSSR count). The van der Waals surface area contributed by atoms with Gasteiger partial charge in [-0.2, -0.15) is 13.2 Å². The summed E-state index contributed by atoms with van der Waals surface area (Å²) in [6, 6.07) is 6.63. The van der Waals surface area contributed by atoms with Crippen molar-refractivity contribution in [3.63, 3.8) is 0 Å². The number of hydrogen-bond donors (Lipinski definition) is 3. The summed E-state index contributed by atoms with van der Waals surface area (Å²) in [5, 5.41) is 14.1. The number of aliphatic carboxylic acids is 1. The van der Waals surface area contributed by atoms with Crippen LogP contribution in [0, 0.1) is 5.82 Å². The van der Waals surface area contributed by atoms with E-state index in [1.165, 1.54) is 25.1 Å². The Balaban J connectivity index is 2.13. The van der Waals surface area contributed by atoms with Gasteiger partial charge in [-0.3, -0.25) is 9.59 Å². The number of carbonyl (C=O) groups excluding carboxylic acids is 2. The first kappa shape index (κ1) is 23.8. The molecule has 0 aliphatic heterocycles. The lowest BCUT2D eigenvalue weighted by molar-refractivity contribution is -0.142. The first-order chi connectivity index (χ1) is 14.5. The summed E-state index contributed by atoms with van der Waals surface area (Å²) < 4.78 is 51.4. The van der Waals surface area contributed by atoms with Crippen molar-refractivity contribution in [1.82, 2.24) is 10.6 Å². The molecule has 0 spiro atoms. The van der Waals surface area contributed by atoms with Gasteiger partial charge >= 0.3 is 12.1 Å². The summed E-state index contributed by atoms with van der Waals surface area (Å²) >= 11 is 0. The van der Waals surface area contributed by atoms with E-state index >= 15 is 0 Å². The fourth-order valence-electron chi connectivity index (χ4n) is 2.89. The van der Waals surface area contributed by atoms with E-state index in [1.54, 1.807) is 6.07 Å². The summed E-state index contributed by atoms with van der Waals surface area (Å²) in [5.74, 6) is -3.31. The minimum Gasteiger partial charge on any atom is -0.480 e. The van der Waals surface area contributed by atoms with Gasteiger partial charge < -0.3 is 15.7 Å². The van der Waals surface area contributed by atoms with Crippen molar-refractivity contribution in [3.05, 3.63) is 71.0 Å². The van der Waals surface area contributed by atoms with Gasteiger partial charge in [0.2, 0.25) is 11.8 Å². The second-order valence-electron chi connectivity index (χ2n) is 6.89. The van der Waals surface area contributed by atoms with E-state index in [-0.39, 0.29) is 18.4 Å². The molecule has 10 heteroatoms. The number of amides is 2. The van der Waals surface area contributed by atoms with Crippen LogP contribution in [-0.4, -0.2) is 35.0 Å². The maximum absolute atomic E-state index is 13.4. The molecule has 0 unspecified atom stereocenters. The maximum Gasteiger partial charge on any atom is 0.416 e. The van der Waals surface area contributed by atoms with Crippen molar-refractivity contribution in [2.24, 2.45) is 0 Å². The molecule has 0 radical (unpaired) electrons. The molecule has 3 N–H and O–H groups in total. The van der Waals surface area contributed by atoms with E-state index in [2.05, 4.69) is 10.6 Å². The topological polar surface area (TPSA) is 95.5 Å². The molecule has 2 amide bonds. The van der Waals surface area contributed by atoms with E-state index in [1.807, 2.05) is 0 Å². The molecule has 0 aromatic heterocycles. The summed E-state index contributed by atoms with van der Waals surface area (Å²) in [7, 11) is 0. The standard InChI is InChI=1S/C21H20F4N2O4/c1-12(28)26-17(11-14-3-2-4-16(22)9-14)19(29)27-18(20(30)31)10-13-5-7-15(8-6-13)21(23,24)25/h2-9,17-18H,10-11H2,1H3,(H,26,28)(H,27,29)(H,30,31)/t17-,18+/m1/s1. The minimum atomic E-state index is -4.53. The van der Waals surface area contributed by atoms with Crippen molar-refractivity contribution in [3.8, 4) is 0 Å². The average molecular weight is 440 g/mol. The molecule has 166 valence electrons. The van der Waals surface area contributed by atoms with E-state index in [4.69, 9.17) is 0 Å². The molecule has 0 saturated carbocycles. The van der Waals surface area contributed by atoms with Gasteiger partial charge in [-0.1, -0.05) is 24.3 Å². The van der Waals surface area contributed by atoms with Gasteiger partial charge in [0.25, 0.3) is 0 Å². The maximum atomic E-state index is 13.4. The van der Waals surface area contributed by atoms with Gasteiger partial charge in [0.05, 0.1) is 5.56 Å². The fraction of sp³-hybridized carbons (Fsp3) is 0.286. The van der Waals surface area contributed by atoms with Crippen LogP contribution in [0.2, 0.25) is 0 Å². The molecule has 2 aromatic carbocycles.